The standard InChI is InChI=1S/C22H24N2O3/c25-21(17-5-4-14-24(15-17)22(26)16-8-9-16)23-18-10-12-20(13-11-18)27-19-6-2-1-3-7-19/h1-3,6-7,10-13,16-17H,4-5,8-9,14-15H2,(H,23,25). The number of carbonyl (C=O) groups is 2. The van der Waals surface area contributed by atoms with E-state index in [0.717, 1.165) is 49.4 Å². The highest BCUT2D eigenvalue weighted by Gasteiger charge is 2.36. The molecule has 2 aromatic rings. The van der Waals surface area contributed by atoms with Gasteiger partial charge in [-0.1, -0.05) is 18.2 Å². The number of hydrogen-bond acceptors (Lipinski definition) is 3. The molecule has 5 nitrogen and oxygen atoms in total. The molecular formula is C22H24N2O3. The number of benzene rings is 2. The van der Waals surface area contributed by atoms with Crippen LogP contribution in [0.25, 0.3) is 0 Å². The first kappa shape index (κ1) is 17.6. The van der Waals surface area contributed by atoms with Gasteiger partial charge in [0.1, 0.15) is 11.5 Å². The average molecular weight is 364 g/mol. The smallest absolute Gasteiger partial charge is 0.229 e. The first-order chi connectivity index (χ1) is 13.2. The maximum Gasteiger partial charge on any atom is 0.229 e. The fourth-order valence-corrected chi connectivity index (χ4v) is 3.46. The van der Waals surface area contributed by atoms with Gasteiger partial charge in [-0.15, -0.1) is 0 Å². The highest BCUT2D eigenvalue weighted by Crippen LogP contribution is 2.32. The third kappa shape index (κ3) is 4.48. The number of likely N-dealkylation sites (tertiary alicyclic amines) is 1. The Morgan fingerprint density at radius 1 is 0.889 bits per heavy atom. The summed E-state index contributed by atoms with van der Waals surface area (Å²) in [6.07, 6.45) is 3.73. The third-order valence-electron chi connectivity index (χ3n) is 5.13. The van der Waals surface area contributed by atoms with E-state index in [1.165, 1.54) is 0 Å². The van der Waals surface area contributed by atoms with Crippen LogP contribution in [-0.4, -0.2) is 29.8 Å². The molecule has 2 amide bonds. The number of rotatable bonds is 5. The molecule has 1 atom stereocenters. The number of anilines is 1. The van der Waals surface area contributed by atoms with Gasteiger partial charge in [0.15, 0.2) is 0 Å². The van der Waals surface area contributed by atoms with E-state index >= 15 is 0 Å². The molecule has 0 bridgehead atoms. The van der Waals surface area contributed by atoms with Crippen LogP contribution >= 0.6 is 0 Å². The molecular weight excluding hydrogens is 340 g/mol. The molecule has 0 radical (unpaired) electrons. The summed E-state index contributed by atoms with van der Waals surface area (Å²) >= 11 is 0. The Labute approximate surface area is 159 Å². The Bertz CT molecular complexity index is 800. The molecule has 140 valence electrons. The van der Waals surface area contributed by atoms with Gasteiger partial charge >= 0.3 is 0 Å². The van der Waals surface area contributed by atoms with E-state index < -0.39 is 0 Å². The molecule has 27 heavy (non-hydrogen) atoms. The second-order valence-electron chi connectivity index (χ2n) is 7.33. The first-order valence-corrected chi connectivity index (χ1v) is 9.61. The van der Waals surface area contributed by atoms with Gasteiger partial charge in [-0.05, 0) is 62.1 Å². The molecule has 0 aromatic heterocycles. The molecule has 2 aliphatic rings. The lowest BCUT2D eigenvalue weighted by atomic mass is 9.96. The van der Waals surface area contributed by atoms with Gasteiger partial charge in [0, 0.05) is 24.7 Å². The monoisotopic (exact) mass is 364 g/mol. The van der Waals surface area contributed by atoms with Crippen molar-refractivity contribution in [1.29, 1.82) is 0 Å². The van der Waals surface area contributed by atoms with Crippen molar-refractivity contribution in [2.75, 3.05) is 18.4 Å². The van der Waals surface area contributed by atoms with Crippen molar-refractivity contribution >= 4 is 17.5 Å². The van der Waals surface area contributed by atoms with Crippen LogP contribution < -0.4 is 10.1 Å². The quantitative estimate of drug-likeness (QED) is 0.870. The predicted octanol–water partition coefficient (Wildman–Crippen LogP) is 4.07. The van der Waals surface area contributed by atoms with Crippen LogP contribution in [0.15, 0.2) is 54.6 Å². The lowest BCUT2D eigenvalue weighted by Crippen LogP contribution is -2.44. The minimum Gasteiger partial charge on any atom is -0.457 e. The van der Waals surface area contributed by atoms with Crippen molar-refractivity contribution in [3.05, 3.63) is 54.6 Å². The summed E-state index contributed by atoms with van der Waals surface area (Å²) in [6.45, 7) is 1.32. The molecule has 1 saturated heterocycles. The van der Waals surface area contributed by atoms with E-state index in [1.54, 1.807) is 0 Å². The topological polar surface area (TPSA) is 58.6 Å². The summed E-state index contributed by atoms with van der Waals surface area (Å²) in [5.41, 5.74) is 0.742. The zero-order valence-electron chi connectivity index (χ0n) is 15.3. The fraction of sp³-hybridized carbons (Fsp3) is 0.364. The number of amides is 2. The number of hydrogen-bond donors (Lipinski definition) is 1. The van der Waals surface area contributed by atoms with Crippen molar-refractivity contribution in [2.45, 2.75) is 25.7 Å². The summed E-state index contributed by atoms with van der Waals surface area (Å²) in [5, 5.41) is 2.97. The lowest BCUT2D eigenvalue weighted by molar-refractivity contribution is -0.135. The van der Waals surface area contributed by atoms with Gasteiger partial charge in [-0.25, -0.2) is 0 Å². The summed E-state index contributed by atoms with van der Waals surface area (Å²) in [4.78, 5) is 26.7. The van der Waals surface area contributed by atoms with Crippen LogP contribution in [0.3, 0.4) is 0 Å². The van der Waals surface area contributed by atoms with Crippen molar-refractivity contribution in [3.8, 4) is 11.5 Å². The van der Waals surface area contributed by atoms with Crippen molar-refractivity contribution in [2.24, 2.45) is 11.8 Å². The Kier molecular flexibility index (Phi) is 5.10. The van der Waals surface area contributed by atoms with E-state index in [4.69, 9.17) is 4.74 Å². The largest absolute Gasteiger partial charge is 0.457 e. The molecule has 1 unspecified atom stereocenters. The van der Waals surface area contributed by atoms with E-state index in [-0.39, 0.29) is 23.7 Å². The predicted molar refractivity (Wildman–Crippen MR) is 104 cm³/mol. The van der Waals surface area contributed by atoms with E-state index in [2.05, 4.69) is 5.32 Å². The van der Waals surface area contributed by atoms with E-state index in [0.29, 0.717) is 6.54 Å². The Balaban J connectivity index is 1.32. The summed E-state index contributed by atoms with van der Waals surface area (Å²) in [5.74, 6) is 1.79. The number of nitrogens with one attached hydrogen (secondary N) is 1. The Morgan fingerprint density at radius 2 is 1.59 bits per heavy atom. The molecule has 4 rings (SSSR count). The minimum atomic E-state index is -0.137. The van der Waals surface area contributed by atoms with Crippen LogP contribution in [0.1, 0.15) is 25.7 Å². The average Bonchev–Trinajstić information content (AvgIpc) is 3.55. The minimum absolute atomic E-state index is 0.0139. The summed E-state index contributed by atoms with van der Waals surface area (Å²) < 4.78 is 5.77. The zero-order valence-corrected chi connectivity index (χ0v) is 15.3. The lowest BCUT2D eigenvalue weighted by Gasteiger charge is -2.32. The molecule has 1 N–H and O–H groups in total. The van der Waals surface area contributed by atoms with Crippen LogP contribution in [0.4, 0.5) is 5.69 Å². The molecule has 1 heterocycles. The normalized spacial score (nSPS) is 19.4. The van der Waals surface area contributed by atoms with Gasteiger partial charge in [0.2, 0.25) is 11.8 Å². The number of piperidine rings is 1. The van der Waals surface area contributed by atoms with Crippen LogP contribution in [0.5, 0.6) is 11.5 Å². The van der Waals surface area contributed by atoms with Crippen molar-refractivity contribution in [3.63, 3.8) is 0 Å². The molecule has 2 aromatic carbocycles. The zero-order chi connectivity index (χ0) is 18.6. The van der Waals surface area contributed by atoms with E-state index in [9.17, 15) is 9.59 Å². The Hall–Kier alpha value is -2.82. The molecule has 1 aliphatic carbocycles. The van der Waals surface area contributed by atoms with Crippen LogP contribution in [0.2, 0.25) is 0 Å². The van der Waals surface area contributed by atoms with Crippen molar-refractivity contribution in [1.82, 2.24) is 4.90 Å². The molecule has 2 fully saturated rings. The van der Waals surface area contributed by atoms with Gasteiger partial charge < -0.3 is 15.0 Å². The van der Waals surface area contributed by atoms with Crippen LogP contribution in [-0.2, 0) is 9.59 Å². The highest BCUT2D eigenvalue weighted by atomic mass is 16.5. The van der Waals surface area contributed by atoms with Gasteiger partial charge in [-0.3, -0.25) is 9.59 Å². The molecule has 5 heteroatoms. The second kappa shape index (κ2) is 7.82. The van der Waals surface area contributed by atoms with Crippen molar-refractivity contribution < 1.29 is 14.3 Å². The first-order valence-electron chi connectivity index (χ1n) is 9.61. The SMILES string of the molecule is O=C(Nc1ccc(Oc2ccccc2)cc1)C1CCCN(C(=O)C2CC2)C1. The fourth-order valence-electron chi connectivity index (χ4n) is 3.46. The molecule has 1 saturated carbocycles. The maximum absolute atomic E-state index is 12.6. The second-order valence-corrected chi connectivity index (χ2v) is 7.33. The summed E-state index contributed by atoms with van der Waals surface area (Å²) in [7, 11) is 0. The van der Waals surface area contributed by atoms with Gasteiger partial charge in [-0.2, -0.15) is 0 Å². The maximum atomic E-state index is 12.6. The number of nitrogens with zero attached hydrogens (tertiary/aromatic N) is 1. The number of ether oxygens (including phenoxy) is 1. The number of para-hydroxylation sites is 1. The van der Waals surface area contributed by atoms with Gasteiger partial charge in [0.05, 0.1) is 5.92 Å². The van der Waals surface area contributed by atoms with Crippen LogP contribution in [0, 0.1) is 11.8 Å². The Morgan fingerprint density at radius 3 is 2.30 bits per heavy atom. The van der Waals surface area contributed by atoms with Gasteiger partial charge in [0.25, 0.3) is 0 Å². The summed E-state index contributed by atoms with van der Waals surface area (Å²) in [6, 6.07) is 16.9. The molecule has 0 spiro atoms. The third-order valence-corrected chi connectivity index (χ3v) is 5.13. The highest BCUT2D eigenvalue weighted by molar-refractivity contribution is 5.93. The number of carbonyl (C=O) groups excluding carboxylic acids is 2. The van der Waals surface area contributed by atoms with E-state index in [1.807, 2.05) is 59.5 Å². The molecule has 1 aliphatic heterocycles.